The smallest absolute Gasteiger partial charge is 0.291 e. The van der Waals surface area contributed by atoms with Gasteiger partial charge in [-0.3, -0.25) is 4.79 Å². The summed E-state index contributed by atoms with van der Waals surface area (Å²) >= 11 is 0. The van der Waals surface area contributed by atoms with Crippen molar-refractivity contribution in [2.75, 3.05) is 16.9 Å². The maximum atomic E-state index is 12.6. The van der Waals surface area contributed by atoms with Crippen LogP contribution in [0.3, 0.4) is 0 Å². The Balaban J connectivity index is 1.36. The van der Waals surface area contributed by atoms with Crippen molar-refractivity contribution in [3.8, 4) is 0 Å². The minimum Gasteiger partial charge on any atom is -0.440 e. The van der Waals surface area contributed by atoms with Gasteiger partial charge < -0.3 is 15.1 Å². The van der Waals surface area contributed by atoms with Crippen molar-refractivity contribution < 1.29 is 17.6 Å². The van der Waals surface area contributed by atoms with Crippen LogP contribution < -0.4 is 10.6 Å². The summed E-state index contributed by atoms with van der Waals surface area (Å²) in [5, 5.41) is 6.48. The standard InChI is InChI=1S/C22H26N2O4S/c1-29(26,27)20-7-6-19(28-20)21(25)23-17-4-2-3-5-18(17)24-22-11-14-8-15(12-22)10-16(9-14)13-22/h2-7,14-16,24H,8-13H2,1H3,(H,23,25). The molecule has 0 unspecified atom stereocenters. The van der Waals surface area contributed by atoms with Gasteiger partial charge in [0.05, 0.1) is 11.4 Å². The Morgan fingerprint density at radius 2 is 1.55 bits per heavy atom. The van der Waals surface area contributed by atoms with Crippen LogP contribution in [0.2, 0.25) is 0 Å². The second-order valence-electron chi connectivity index (χ2n) is 9.21. The molecule has 7 heteroatoms. The van der Waals surface area contributed by atoms with Crippen LogP contribution in [0, 0.1) is 17.8 Å². The van der Waals surface area contributed by atoms with Crippen molar-refractivity contribution >= 4 is 27.1 Å². The predicted molar refractivity (Wildman–Crippen MR) is 111 cm³/mol. The molecule has 4 fully saturated rings. The zero-order chi connectivity index (χ0) is 20.2. The Morgan fingerprint density at radius 3 is 2.10 bits per heavy atom. The van der Waals surface area contributed by atoms with Crippen LogP contribution in [0.5, 0.6) is 0 Å². The number of furan rings is 1. The summed E-state index contributed by atoms with van der Waals surface area (Å²) in [6, 6.07) is 10.4. The summed E-state index contributed by atoms with van der Waals surface area (Å²) in [5.41, 5.74) is 1.73. The van der Waals surface area contributed by atoms with Gasteiger partial charge in [0.25, 0.3) is 5.91 Å². The first-order chi connectivity index (χ1) is 13.8. The lowest BCUT2D eigenvalue weighted by molar-refractivity contribution is 0.0107. The van der Waals surface area contributed by atoms with E-state index in [2.05, 4.69) is 10.6 Å². The van der Waals surface area contributed by atoms with Gasteiger partial charge >= 0.3 is 0 Å². The van der Waals surface area contributed by atoms with Crippen molar-refractivity contribution in [3.05, 3.63) is 42.2 Å². The number of hydrogen-bond acceptors (Lipinski definition) is 5. The van der Waals surface area contributed by atoms with Gasteiger partial charge in [-0.15, -0.1) is 0 Å². The number of sulfone groups is 1. The van der Waals surface area contributed by atoms with Gasteiger partial charge in [-0.25, -0.2) is 8.42 Å². The van der Waals surface area contributed by atoms with Gasteiger partial charge in [-0.2, -0.15) is 0 Å². The normalized spacial score (nSPS) is 30.3. The lowest BCUT2D eigenvalue weighted by Crippen LogP contribution is -2.54. The van der Waals surface area contributed by atoms with E-state index >= 15 is 0 Å². The topological polar surface area (TPSA) is 88.4 Å². The zero-order valence-corrected chi connectivity index (χ0v) is 17.3. The lowest BCUT2D eigenvalue weighted by Gasteiger charge is -2.57. The molecule has 0 spiro atoms. The highest BCUT2D eigenvalue weighted by Crippen LogP contribution is 2.56. The second-order valence-corrected chi connectivity index (χ2v) is 11.2. The van der Waals surface area contributed by atoms with Crippen LogP contribution in [0.15, 0.2) is 45.9 Å². The molecule has 0 aliphatic heterocycles. The third-order valence-corrected chi connectivity index (χ3v) is 7.73. The van der Waals surface area contributed by atoms with E-state index in [0.29, 0.717) is 5.69 Å². The molecule has 1 heterocycles. The van der Waals surface area contributed by atoms with Crippen LogP contribution in [0.1, 0.15) is 49.1 Å². The fraction of sp³-hybridized carbons (Fsp3) is 0.500. The van der Waals surface area contributed by atoms with E-state index in [-0.39, 0.29) is 16.4 Å². The molecule has 0 radical (unpaired) electrons. The minimum absolute atomic E-state index is 0.0185. The summed E-state index contributed by atoms with van der Waals surface area (Å²) in [4.78, 5) is 12.6. The Morgan fingerprint density at radius 1 is 0.966 bits per heavy atom. The van der Waals surface area contributed by atoms with Crippen molar-refractivity contribution in [2.45, 2.75) is 49.2 Å². The van der Waals surface area contributed by atoms with E-state index in [1.807, 2.05) is 24.3 Å². The minimum atomic E-state index is -3.49. The van der Waals surface area contributed by atoms with Crippen molar-refractivity contribution in [1.29, 1.82) is 0 Å². The molecule has 29 heavy (non-hydrogen) atoms. The maximum absolute atomic E-state index is 12.6. The van der Waals surface area contributed by atoms with Crippen molar-refractivity contribution in [1.82, 2.24) is 0 Å². The summed E-state index contributed by atoms with van der Waals surface area (Å²) in [6.45, 7) is 0. The summed E-state index contributed by atoms with van der Waals surface area (Å²) in [5.74, 6) is 2.00. The summed E-state index contributed by atoms with van der Waals surface area (Å²) in [7, 11) is -3.49. The lowest BCUT2D eigenvalue weighted by atomic mass is 9.53. The van der Waals surface area contributed by atoms with Crippen LogP contribution >= 0.6 is 0 Å². The number of amides is 1. The van der Waals surface area contributed by atoms with Crippen molar-refractivity contribution in [3.63, 3.8) is 0 Å². The first-order valence-corrected chi connectivity index (χ1v) is 12.2. The zero-order valence-electron chi connectivity index (χ0n) is 16.5. The number of anilines is 2. The molecule has 2 aromatic rings. The van der Waals surface area contributed by atoms with E-state index in [0.717, 1.165) is 29.7 Å². The quantitative estimate of drug-likeness (QED) is 0.761. The van der Waals surface area contributed by atoms with Gasteiger partial charge in [0.2, 0.25) is 14.9 Å². The molecule has 6 nitrogen and oxygen atoms in total. The fourth-order valence-electron chi connectivity index (χ4n) is 6.08. The maximum Gasteiger partial charge on any atom is 0.291 e. The summed E-state index contributed by atoms with van der Waals surface area (Å²) < 4.78 is 28.4. The van der Waals surface area contributed by atoms with Crippen LogP contribution in [-0.4, -0.2) is 26.1 Å². The van der Waals surface area contributed by atoms with Gasteiger partial charge in [-0.05, 0) is 80.5 Å². The summed E-state index contributed by atoms with van der Waals surface area (Å²) in [6.07, 6.45) is 8.80. The molecule has 2 N–H and O–H groups in total. The van der Waals surface area contributed by atoms with E-state index in [1.54, 1.807) is 0 Å². The molecular formula is C22H26N2O4S. The largest absolute Gasteiger partial charge is 0.440 e. The van der Waals surface area contributed by atoms with E-state index in [4.69, 9.17) is 4.42 Å². The second kappa shape index (κ2) is 6.62. The number of rotatable bonds is 5. The highest BCUT2D eigenvalue weighted by molar-refractivity contribution is 7.90. The van der Waals surface area contributed by atoms with Gasteiger partial charge in [0.1, 0.15) is 0 Å². The molecule has 6 rings (SSSR count). The molecule has 4 aliphatic carbocycles. The first-order valence-electron chi connectivity index (χ1n) is 10.3. The van der Waals surface area contributed by atoms with Gasteiger partial charge in [0.15, 0.2) is 5.76 Å². The number of para-hydroxylation sites is 2. The highest BCUT2D eigenvalue weighted by Gasteiger charge is 2.51. The fourth-order valence-corrected chi connectivity index (χ4v) is 6.63. The average Bonchev–Trinajstić information content (AvgIpc) is 3.12. The van der Waals surface area contributed by atoms with Gasteiger partial charge in [0, 0.05) is 11.8 Å². The molecule has 1 aromatic carbocycles. The SMILES string of the molecule is CS(=O)(=O)c1ccc(C(=O)Nc2ccccc2NC23CC4CC(CC(C4)C2)C3)o1. The molecule has 154 valence electrons. The number of nitrogens with one attached hydrogen (secondary N) is 2. The van der Waals surface area contributed by atoms with E-state index < -0.39 is 15.7 Å². The Kier molecular flexibility index (Phi) is 4.28. The molecule has 0 atom stereocenters. The first kappa shape index (κ1) is 18.7. The van der Waals surface area contributed by atoms with E-state index in [1.165, 1.54) is 50.7 Å². The van der Waals surface area contributed by atoms with Crippen LogP contribution in [-0.2, 0) is 9.84 Å². The Labute approximate surface area is 171 Å². The van der Waals surface area contributed by atoms with Crippen LogP contribution in [0.4, 0.5) is 11.4 Å². The predicted octanol–water partition coefficient (Wildman–Crippen LogP) is 4.32. The molecule has 4 bridgehead atoms. The Bertz CT molecular complexity index is 1020. The van der Waals surface area contributed by atoms with Crippen molar-refractivity contribution in [2.24, 2.45) is 17.8 Å². The molecule has 4 saturated carbocycles. The molecule has 1 aromatic heterocycles. The van der Waals surface area contributed by atoms with Crippen LogP contribution in [0.25, 0.3) is 0 Å². The number of carbonyl (C=O) groups excluding carboxylic acids is 1. The van der Waals surface area contributed by atoms with Gasteiger partial charge in [-0.1, -0.05) is 12.1 Å². The number of hydrogen-bond donors (Lipinski definition) is 2. The molecule has 0 saturated heterocycles. The number of benzene rings is 1. The number of carbonyl (C=O) groups is 1. The van der Waals surface area contributed by atoms with E-state index in [9.17, 15) is 13.2 Å². The molecule has 1 amide bonds. The average molecular weight is 415 g/mol. The molecule has 4 aliphatic rings. The highest BCUT2D eigenvalue weighted by atomic mass is 32.2. The third-order valence-electron chi connectivity index (χ3n) is 6.78. The monoisotopic (exact) mass is 414 g/mol. The third kappa shape index (κ3) is 3.56. The molecular weight excluding hydrogens is 388 g/mol. The Hall–Kier alpha value is -2.28.